The lowest BCUT2D eigenvalue weighted by molar-refractivity contribution is 0.398. The van der Waals surface area contributed by atoms with Gasteiger partial charge in [-0.25, -0.2) is 0 Å². The van der Waals surface area contributed by atoms with Crippen LogP contribution in [-0.4, -0.2) is 14.0 Å². The Morgan fingerprint density at radius 3 is 2.61 bits per heavy atom. The second-order valence-corrected chi connectivity index (χ2v) is 5.44. The highest BCUT2D eigenvalue weighted by molar-refractivity contribution is 5.78. The summed E-state index contributed by atoms with van der Waals surface area (Å²) < 4.78 is 3.73. The maximum atomic E-state index is 12.6. The van der Waals surface area contributed by atoms with Crippen LogP contribution in [0.4, 0.5) is 0 Å². The Hall–Kier alpha value is -2.10. The smallest absolute Gasteiger partial charge is 0.275 e. The quantitative estimate of drug-likeness (QED) is 0.606. The average molecular weight is 241 g/mol. The molecule has 0 spiro atoms. The van der Waals surface area contributed by atoms with Gasteiger partial charge in [0.2, 0.25) is 0 Å². The predicted molar refractivity (Wildman–Crippen MR) is 72.0 cm³/mol. The van der Waals surface area contributed by atoms with Crippen molar-refractivity contribution in [2.24, 2.45) is 0 Å². The van der Waals surface area contributed by atoms with E-state index < -0.39 is 0 Å². The molecule has 3 aromatic rings. The standard InChI is InChI=1S/C14H15N3O/c1-14(2,3)17-12-9-15-7-6-10(12)16-8-4-5-11(16)13(17)18/h4-9H,1-3H3. The van der Waals surface area contributed by atoms with Crippen molar-refractivity contribution in [2.45, 2.75) is 26.3 Å². The van der Waals surface area contributed by atoms with Crippen LogP contribution >= 0.6 is 0 Å². The number of nitrogens with zero attached hydrogens (tertiary/aromatic N) is 3. The molecule has 0 aliphatic heterocycles. The lowest BCUT2D eigenvalue weighted by Crippen LogP contribution is -2.35. The summed E-state index contributed by atoms with van der Waals surface area (Å²) in [7, 11) is 0. The molecule has 0 bridgehead atoms. The van der Waals surface area contributed by atoms with Crippen LogP contribution in [0.1, 0.15) is 20.8 Å². The average Bonchev–Trinajstić information content (AvgIpc) is 2.77. The van der Waals surface area contributed by atoms with E-state index in [9.17, 15) is 4.79 Å². The lowest BCUT2D eigenvalue weighted by atomic mass is 10.1. The van der Waals surface area contributed by atoms with E-state index in [1.165, 1.54) is 0 Å². The minimum atomic E-state index is -0.273. The van der Waals surface area contributed by atoms with Crippen LogP contribution in [0.3, 0.4) is 0 Å². The molecule has 0 aliphatic rings. The first kappa shape index (κ1) is 11.0. The predicted octanol–water partition coefficient (Wildman–Crippen LogP) is 2.40. The van der Waals surface area contributed by atoms with Crippen molar-refractivity contribution in [3.63, 3.8) is 0 Å². The van der Waals surface area contributed by atoms with Gasteiger partial charge in [-0.15, -0.1) is 0 Å². The topological polar surface area (TPSA) is 39.3 Å². The Labute approximate surface area is 105 Å². The lowest BCUT2D eigenvalue weighted by Gasteiger charge is -2.25. The minimum Gasteiger partial charge on any atom is -0.310 e. The second-order valence-electron chi connectivity index (χ2n) is 5.44. The van der Waals surface area contributed by atoms with Gasteiger partial charge in [0, 0.05) is 17.9 Å². The Balaban J connectivity index is 2.67. The van der Waals surface area contributed by atoms with Crippen LogP contribution in [0.15, 0.2) is 41.6 Å². The maximum absolute atomic E-state index is 12.6. The first-order valence-electron chi connectivity index (χ1n) is 5.96. The van der Waals surface area contributed by atoms with Crippen molar-refractivity contribution < 1.29 is 0 Å². The summed E-state index contributed by atoms with van der Waals surface area (Å²) in [5.74, 6) is 0. The highest BCUT2D eigenvalue weighted by atomic mass is 16.1. The van der Waals surface area contributed by atoms with Crippen LogP contribution in [0, 0.1) is 0 Å². The first-order chi connectivity index (χ1) is 8.50. The molecule has 3 aromatic heterocycles. The Morgan fingerprint density at radius 1 is 1.11 bits per heavy atom. The number of pyridine rings is 1. The summed E-state index contributed by atoms with van der Waals surface area (Å²) in [5.41, 5.74) is 2.31. The van der Waals surface area contributed by atoms with E-state index in [4.69, 9.17) is 0 Å². The van der Waals surface area contributed by atoms with Crippen molar-refractivity contribution in [2.75, 3.05) is 0 Å². The van der Waals surface area contributed by atoms with Crippen molar-refractivity contribution in [3.8, 4) is 0 Å². The highest BCUT2D eigenvalue weighted by Gasteiger charge is 2.20. The van der Waals surface area contributed by atoms with Gasteiger partial charge < -0.3 is 4.40 Å². The van der Waals surface area contributed by atoms with Crippen molar-refractivity contribution in [1.82, 2.24) is 14.0 Å². The van der Waals surface area contributed by atoms with Gasteiger partial charge in [-0.2, -0.15) is 0 Å². The molecule has 0 aliphatic carbocycles. The molecule has 0 unspecified atom stereocenters. The van der Waals surface area contributed by atoms with Gasteiger partial charge in [0.1, 0.15) is 5.52 Å². The maximum Gasteiger partial charge on any atom is 0.275 e. The molecule has 18 heavy (non-hydrogen) atoms. The van der Waals surface area contributed by atoms with E-state index in [2.05, 4.69) is 4.98 Å². The molecule has 3 rings (SSSR count). The zero-order valence-corrected chi connectivity index (χ0v) is 10.7. The van der Waals surface area contributed by atoms with Crippen LogP contribution in [0.25, 0.3) is 16.6 Å². The summed E-state index contributed by atoms with van der Waals surface area (Å²) in [6.45, 7) is 6.08. The molecular formula is C14H15N3O. The van der Waals surface area contributed by atoms with Gasteiger partial charge in [-0.3, -0.25) is 14.3 Å². The fourth-order valence-electron chi connectivity index (χ4n) is 2.41. The first-order valence-corrected chi connectivity index (χ1v) is 5.96. The fourth-order valence-corrected chi connectivity index (χ4v) is 2.41. The van der Waals surface area contributed by atoms with Gasteiger partial charge in [0.15, 0.2) is 0 Å². The molecule has 0 N–H and O–H groups in total. The molecule has 0 saturated heterocycles. The van der Waals surface area contributed by atoms with Gasteiger partial charge in [0.25, 0.3) is 5.56 Å². The number of hydrogen-bond acceptors (Lipinski definition) is 2. The molecular weight excluding hydrogens is 226 g/mol. The third-order valence-electron chi connectivity index (χ3n) is 3.12. The summed E-state index contributed by atoms with van der Waals surface area (Å²) in [6.07, 6.45) is 5.41. The number of fused-ring (bicyclic) bond motifs is 3. The van der Waals surface area contributed by atoms with Crippen molar-refractivity contribution in [1.29, 1.82) is 0 Å². The summed E-state index contributed by atoms with van der Waals surface area (Å²) in [4.78, 5) is 16.7. The van der Waals surface area contributed by atoms with E-state index in [0.717, 1.165) is 11.0 Å². The van der Waals surface area contributed by atoms with Gasteiger partial charge >= 0.3 is 0 Å². The Kier molecular flexibility index (Phi) is 2.11. The van der Waals surface area contributed by atoms with E-state index in [1.54, 1.807) is 12.4 Å². The number of rotatable bonds is 0. The SMILES string of the molecule is CC(C)(C)n1c(=O)c2cccn2c2ccncc21. The Bertz CT molecular complexity index is 790. The molecule has 0 aromatic carbocycles. The summed E-state index contributed by atoms with van der Waals surface area (Å²) >= 11 is 0. The van der Waals surface area contributed by atoms with Crippen LogP contribution in [0.2, 0.25) is 0 Å². The summed E-state index contributed by atoms with van der Waals surface area (Å²) in [5, 5.41) is 0. The molecule has 0 fully saturated rings. The number of hydrogen-bond donors (Lipinski definition) is 0. The van der Waals surface area contributed by atoms with Crippen molar-refractivity contribution >= 4 is 16.6 Å². The van der Waals surface area contributed by atoms with Gasteiger partial charge in [-0.05, 0) is 39.0 Å². The summed E-state index contributed by atoms with van der Waals surface area (Å²) in [6, 6.07) is 5.68. The molecule has 3 heterocycles. The van der Waals surface area contributed by atoms with E-state index in [0.29, 0.717) is 5.52 Å². The third-order valence-corrected chi connectivity index (χ3v) is 3.12. The molecule has 0 atom stereocenters. The van der Waals surface area contributed by atoms with Crippen molar-refractivity contribution in [3.05, 3.63) is 47.1 Å². The van der Waals surface area contributed by atoms with Crippen LogP contribution in [-0.2, 0) is 5.54 Å². The largest absolute Gasteiger partial charge is 0.310 e. The molecule has 4 nitrogen and oxygen atoms in total. The van der Waals surface area contributed by atoms with E-state index in [1.807, 2.05) is 54.1 Å². The normalized spacial score (nSPS) is 12.4. The second kappa shape index (κ2) is 3.45. The minimum absolute atomic E-state index is 0.0213. The van der Waals surface area contributed by atoms with Crippen LogP contribution < -0.4 is 5.56 Å². The molecule has 0 saturated carbocycles. The zero-order chi connectivity index (χ0) is 12.9. The molecule has 0 radical (unpaired) electrons. The zero-order valence-electron chi connectivity index (χ0n) is 10.7. The fraction of sp³-hybridized carbons (Fsp3) is 0.286. The monoisotopic (exact) mass is 241 g/mol. The molecule has 92 valence electrons. The van der Waals surface area contributed by atoms with Gasteiger partial charge in [0.05, 0.1) is 17.2 Å². The number of aromatic nitrogens is 3. The van der Waals surface area contributed by atoms with Gasteiger partial charge in [-0.1, -0.05) is 0 Å². The molecule has 0 amide bonds. The third kappa shape index (κ3) is 1.38. The van der Waals surface area contributed by atoms with Crippen LogP contribution in [0.5, 0.6) is 0 Å². The Morgan fingerprint density at radius 2 is 1.89 bits per heavy atom. The van der Waals surface area contributed by atoms with E-state index in [-0.39, 0.29) is 11.1 Å². The highest BCUT2D eigenvalue weighted by Crippen LogP contribution is 2.20. The van der Waals surface area contributed by atoms with E-state index >= 15 is 0 Å². The molecule has 4 heteroatoms.